The van der Waals surface area contributed by atoms with Crippen molar-refractivity contribution in [2.45, 2.75) is 24.6 Å². The highest BCUT2D eigenvalue weighted by Crippen LogP contribution is 2.26. The number of aromatic amines is 1. The second-order valence-electron chi connectivity index (χ2n) is 4.69. The lowest BCUT2D eigenvalue weighted by Crippen LogP contribution is -2.01. The summed E-state index contributed by atoms with van der Waals surface area (Å²) in [6, 6.07) is 6.09. The average molecular weight is 317 g/mol. The first kappa shape index (κ1) is 14.3. The lowest BCUT2D eigenvalue weighted by Gasteiger charge is -2.00. The molecule has 4 nitrogen and oxygen atoms in total. The number of hydrogen-bond acceptors (Lipinski definition) is 5. The fourth-order valence-electron chi connectivity index (χ4n) is 2.28. The van der Waals surface area contributed by atoms with Gasteiger partial charge in [0.25, 0.3) is 0 Å². The molecule has 0 atom stereocenters. The van der Waals surface area contributed by atoms with E-state index >= 15 is 0 Å². The number of para-hydroxylation sites is 1. The molecule has 0 aliphatic carbocycles. The van der Waals surface area contributed by atoms with Crippen LogP contribution in [0, 0.1) is 6.92 Å². The minimum Gasteiger partial charge on any atom is -0.360 e. The third-order valence-corrected chi connectivity index (χ3v) is 5.29. The standard InChI is InChI=1S/C15H15N3OS2/c1-3-10-5-4-6-11-12(7-16-14(10)11)13(19)8-20-15-18-17-9(2)21-15/h4-7,16H,3,8H2,1-2H3. The van der Waals surface area contributed by atoms with Gasteiger partial charge in [-0.2, -0.15) is 0 Å². The molecule has 3 aromatic rings. The van der Waals surface area contributed by atoms with Crippen LogP contribution < -0.4 is 0 Å². The van der Waals surface area contributed by atoms with Crippen molar-refractivity contribution in [1.82, 2.24) is 15.2 Å². The van der Waals surface area contributed by atoms with Gasteiger partial charge in [0.2, 0.25) is 0 Å². The topological polar surface area (TPSA) is 58.6 Å². The van der Waals surface area contributed by atoms with E-state index in [0.717, 1.165) is 32.2 Å². The minimum atomic E-state index is 0.118. The van der Waals surface area contributed by atoms with Gasteiger partial charge >= 0.3 is 0 Å². The average Bonchev–Trinajstić information content (AvgIpc) is 3.10. The summed E-state index contributed by atoms with van der Waals surface area (Å²) in [7, 11) is 0. The third-order valence-electron chi connectivity index (χ3n) is 3.32. The number of Topliss-reactive ketones (excluding diaryl/α,β-unsaturated/α-hetero) is 1. The molecule has 0 fully saturated rings. The molecule has 21 heavy (non-hydrogen) atoms. The van der Waals surface area contributed by atoms with Crippen molar-refractivity contribution in [1.29, 1.82) is 0 Å². The summed E-state index contributed by atoms with van der Waals surface area (Å²) in [5.41, 5.74) is 3.06. The van der Waals surface area contributed by atoms with E-state index in [0.29, 0.717) is 5.75 Å². The lowest BCUT2D eigenvalue weighted by molar-refractivity contribution is 0.102. The van der Waals surface area contributed by atoms with Crippen LogP contribution in [0.2, 0.25) is 0 Å². The van der Waals surface area contributed by atoms with Crippen molar-refractivity contribution >= 4 is 39.8 Å². The number of H-pyrrole nitrogens is 1. The van der Waals surface area contributed by atoms with Crippen LogP contribution in [0.25, 0.3) is 10.9 Å². The fraction of sp³-hybridized carbons (Fsp3) is 0.267. The zero-order valence-corrected chi connectivity index (χ0v) is 13.5. The number of benzene rings is 1. The molecule has 2 aromatic heterocycles. The molecule has 6 heteroatoms. The van der Waals surface area contributed by atoms with Crippen molar-refractivity contribution in [3.05, 3.63) is 40.5 Å². The van der Waals surface area contributed by atoms with Crippen LogP contribution in [0.3, 0.4) is 0 Å². The number of ketones is 1. The molecule has 0 spiro atoms. The summed E-state index contributed by atoms with van der Waals surface area (Å²) in [5.74, 6) is 0.505. The monoisotopic (exact) mass is 317 g/mol. The summed E-state index contributed by atoms with van der Waals surface area (Å²) < 4.78 is 0.843. The minimum absolute atomic E-state index is 0.118. The van der Waals surface area contributed by atoms with E-state index in [1.807, 2.05) is 25.3 Å². The maximum Gasteiger partial charge on any atom is 0.175 e. The Hall–Kier alpha value is -1.66. The first-order valence-electron chi connectivity index (χ1n) is 6.74. The molecular formula is C15H15N3OS2. The predicted octanol–water partition coefficient (Wildman–Crippen LogP) is 3.87. The van der Waals surface area contributed by atoms with E-state index in [-0.39, 0.29) is 5.78 Å². The van der Waals surface area contributed by atoms with Crippen molar-refractivity contribution < 1.29 is 4.79 Å². The Labute approximate surface area is 131 Å². The molecule has 0 saturated carbocycles. The number of thioether (sulfide) groups is 1. The molecule has 0 bridgehead atoms. The highest BCUT2D eigenvalue weighted by molar-refractivity contribution is 8.01. The molecule has 1 N–H and O–H groups in total. The molecule has 0 radical (unpaired) electrons. The normalized spacial score (nSPS) is 11.1. The molecule has 108 valence electrons. The third kappa shape index (κ3) is 2.87. The van der Waals surface area contributed by atoms with Crippen molar-refractivity contribution in [3.63, 3.8) is 0 Å². The van der Waals surface area contributed by atoms with Crippen molar-refractivity contribution in [2.24, 2.45) is 0 Å². The van der Waals surface area contributed by atoms with Crippen LogP contribution in [0.4, 0.5) is 0 Å². The summed E-state index contributed by atoms with van der Waals surface area (Å²) in [6.45, 7) is 4.03. The smallest absolute Gasteiger partial charge is 0.175 e. The molecule has 3 rings (SSSR count). The van der Waals surface area contributed by atoms with Crippen molar-refractivity contribution in [2.75, 3.05) is 5.75 Å². The Morgan fingerprint density at radius 2 is 2.24 bits per heavy atom. The van der Waals surface area contributed by atoms with Gasteiger partial charge in [-0.05, 0) is 18.9 Å². The lowest BCUT2D eigenvalue weighted by atomic mass is 10.1. The summed E-state index contributed by atoms with van der Waals surface area (Å²) in [6.07, 6.45) is 2.77. The van der Waals surface area contributed by atoms with Crippen molar-refractivity contribution in [3.8, 4) is 0 Å². The second-order valence-corrected chi connectivity index (χ2v) is 7.10. The number of carbonyl (C=O) groups is 1. The van der Waals surface area contributed by atoms with Gasteiger partial charge in [-0.15, -0.1) is 10.2 Å². The first-order chi connectivity index (χ1) is 10.2. The van der Waals surface area contributed by atoms with Gasteiger partial charge in [0.1, 0.15) is 5.01 Å². The van der Waals surface area contributed by atoms with E-state index in [1.54, 1.807) is 0 Å². The van der Waals surface area contributed by atoms with Gasteiger partial charge in [0.05, 0.1) is 5.75 Å². The van der Waals surface area contributed by atoms with Gasteiger partial charge in [0.15, 0.2) is 10.1 Å². The molecular weight excluding hydrogens is 302 g/mol. The molecule has 0 aliphatic heterocycles. The molecule has 1 aromatic carbocycles. The molecule has 0 unspecified atom stereocenters. The zero-order valence-electron chi connectivity index (χ0n) is 11.8. The number of aromatic nitrogens is 3. The van der Waals surface area contributed by atoms with Crippen LogP contribution in [0.15, 0.2) is 28.7 Å². The summed E-state index contributed by atoms with van der Waals surface area (Å²) in [5, 5.41) is 9.92. The molecule has 0 amide bonds. The Morgan fingerprint density at radius 3 is 2.95 bits per heavy atom. The number of fused-ring (bicyclic) bond motifs is 1. The number of nitrogens with one attached hydrogen (secondary N) is 1. The maximum absolute atomic E-state index is 12.4. The van der Waals surface area contributed by atoms with Gasteiger partial charge in [0, 0.05) is 22.7 Å². The van der Waals surface area contributed by atoms with Crippen LogP contribution >= 0.6 is 23.1 Å². The zero-order chi connectivity index (χ0) is 14.8. The Bertz CT molecular complexity index is 791. The Morgan fingerprint density at radius 1 is 1.38 bits per heavy atom. The summed E-state index contributed by atoms with van der Waals surface area (Å²) in [4.78, 5) is 15.7. The SMILES string of the molecule is CCc1cccc2c(C(=O)CSc3nnc(C)s3)c[nH]c12. The predicted molar refractivity (Wildman–Crippen MR) is 87.4 cm³/mol. The highest BCUT2D eigenvalue weighted by Gasteiger charge is 2.14. The molecule has 0 aliphatic rings. The second kappa shape index (κ2) is 5.99. The number of carbonyl (C=O) groups excluding carboxylic acids is 1. The van der Waals surface area contributed by atoms with Crippen LogP contribution in [0.5, 0.6) is 0 Å². The number of hydrogen-bond donors (Lipinski definition) is 1. The van der Waals surface area contributed by atoms with Gasteiger partial charge in [-0.1, -0.05) is 48.2 Å². The van der Waals surface area contributed by atoms with E-state index in [2.05, 4.69) is 28.2 Å². The Balaban J connectivity index is 1.81. The number of rotatable bonds is 5. The summed E-state index contributed by atoms with van der Waals surface area (Å²) >= 11 is 2.96. The molecule has 0 saturated heterocycles. The Kier molecular flexibility index (Phi) is 4.07. The molecule has 2 heterocycles. The van der Waals surface area contributed by atoms with Gasteiger partial charge < -0.3 is 4.98 Å². The van der Waals surface area contributed by atoms with E-state index < -0.39 is 0 Å². The van der Waals surface area contributed by atoms with E-state index in [4.69, 9.17) is 0 Å². The van der Waals surface area contributed by atoms with Crippen LogP contribution in [-0.4, -0.2) is 26.7 Å². The number of aryl methyl sites for hydroxylation is 2. The van der Waals surface area contributed by atoms with Crippen LogP contribution in [0.1, 0.15) is 27.9 Å². The quantitative estimate of drug-likeness (QED) is 0.573. The van der Waals surface area contributed by atoms with Gasteiger partial charge in [-0.3, -0.25) is 4.79 Å². The first-order valence-corrected chi connectivity index (χ1v) is 8.54. The largest absolute Gasteiger partial charge is 0.360 e. The fourth-order valence-corrected chi connectivity index (χ4v) is 3.98. The highest BCUT2D eigenvalue weighted by atomic mass is 32.2. The number of nitrogens with zero attached hydrogens (tertiary/aromatic N) is 2. The van der Waals surface area contributed by atoms with Gasteiger partial charge in [-0.25, -0.2) is 0 Å². The van der Waals surface area contributed by atoms with E-state index in [9.17, 15) is 4.79 Å². The van der Waals surface area contributed by atoms with Crippen LogP contribution in [-0.2, 0) is 6.42 Å². The maximum atomic E-state index is 12.4. The van der Waals surface area contributed by atoms with E-state index in [1.165, 1.54) is 28.7 Å².